The molecule has 9 nitrogen and oxygen atoms in total. The Morgan fingerprint density at radius 3 is 2.49 bits per heavy atom. The van der Waals surface area contributed by atoms with Crippen molar-refractivity contribution in [1.82, 2.24) is 14.5 Å². The average Bonchev–Trinajstić information content (AvgIpc) is 3.67. The number of carbonyl (C=O) groups excluding carboxylic acids is 2. The molecule has 1 fully saturated rings. The topological polar surface area (TPSA) is 94.9 Å². The molecule has 4 aromatic rings. The number of nitrogens with zero attached hydrogens (tertiary/aromatic N) is 3. The number of benzene rings is 3. The first-order valence-corrected chi connectivity index (χ1v) is 13.7. The number of nitrogens with one attached hydrogen (secondary N) is 1. The highest BCUT2D eigenvalue weighted by molar-refractivity contribution is 6.30. The molecular weight excluding hydrogens is 544 g/mol. The van der Waals surface area contributed by atoms with Gasteiger partial charge in [-0.2, -0.15) is 0 Å². The largest absolute Gasteiger partial charge is 0.493 e. The van der Waals surface area contributed by atoms with Crippen molar-refractivity contribution in [3.05, 3.63) is 89.6 Å². The van der Waals surface area contributed by atoms with Crippen LogP contribution in [0.5, 0.6) is 11.5 Å². The molecule has 5 rings (SSSR count). The first kappa shape index (κ1) is 28.2. The summed E-state index contributed by atoms with van der Waals surface area (Å²) in [4.78, 5) is 33.1. The fourth-order valence-electron chi connectivity index (χ4n) is 4.75. The van der Waals surface area contributed by atoms with Gasteiger partial charge >= 0.3 is 0 Å². The van der Waals surface area contributed by atoms with Crippen LogP contribution in [0.25, 0.3) is 16.9 Å². The van der Waals surface area contributed by atoms with Gasteiger partial charge in [-0.1, -0.05) is 41.9 Å². The smallest absolute Gasteiger partial charge is 0.254 e. The highest BCUT2D eigenvalue weighted by Crippen LogP contribution is 2.32. The van der Waals surface area contributed by atoms with Gasteiger partial charge in [0.05, 0.1) is 31.7 Å². The standard InChI is InChI=1S/C31H31ClN4O5/c1-39-27-15-14-24(17-28(27)40-2)36-19-26(21-10-12-23(32)13-11-21)33-31(36)34-29(37)20-35(18-25-9-6-16-41-25)30(38)22-7-4-3-5-8-22/h3-5,7-8,10-15,17,19,25H,6,9,16,18,20H2,1-2H3,(H,33,34,37)/t25-/m1/s1. The number of hydrogen-bond acceptors (Lipinski definition) is 6. The molecule has 1 aliphatic rings. The molecule has 10 heteroatoms. The van der Waals surface area contributed by atoms with Gasteiger partial charge in [0.1, 0.15) is 6.54 Å². The van der Waals surface area contributed by atoms with E-state index in [-0.39, 0.29) is 30.4 Å². The average molecular weight is 575 g/mol. The van der Waals surface area contributed by atoms with Crippen molar-refractivity contribution in [3.8, 4) is 28.4 Å². The Morgan fingerprint density at radius 1 is 1.05 bits per heavy atom. The number of aromatic nitrogens is 2. The molecule has 1 N–H and O–H groups in total. The van der Waals surface area contributed by atoms with Gasteiger partial charge in [0.25, 0.3) is 5.91 Å². The van der Waals surface area contributed by atoms with Gasteiger partial charge in [0.15, 0.2) is 11.5 Å². The van der Waals surface area contributed by atoms with Gasteiger partial charge < -0.3 is 19.1 Å². The Bertz CT molecular complexity index is 1500. The summed E-state index contributed by atoms with van der Waals surface area (Å²) in [5.74, 6) is 0.768. The summed E-state index contributed by atoms with van der Waals surface area (Å²) in [6.45, 7) is 0.810. The highest BCUT2D eigenvalue weighted by atomic mass is 35.5. The molecule has 3 aromatic carbocycles. The molecule has 41 heavy (non-hydrogen) atoms. The van der Waals surface area contributed by atoms with Crippen molar-refractivity contribution in [2.24, 2.45) is 0 Å². The summed E-state index contributed by atoms with van der Waals surface area (Å²) in [5, 5.41) is 3.53. The molecule has 0 unspecified atom stereocenters. The SMILES string of the molecule is COc1ccc(-n2cc(-c3ccc(Cl)cc3)nc2NC(=O)CN(C[C@H]2CCCO2)C(=O)c2ccccc2)cc1OC. The van der Waals surface area contributed by atoms with Crippen LogP contribution in [0.4, 0.5) is 5.95 Å². The maximum Gasteiger partial charge on any atom is 0.254 e. The molecule has 2 heterocycles. The van der Waals surface area contributed by atoms with Crippen molar-refractivity contribution < 1.29 is 23.8 Å². The lowest BCUT2D eigenvalue weighted by Crippen LogP contribution is -2.42. The van der Waals surface area contributed by atoms with Crippen molar-refractivity contribution >= 4 is 29.4 Å². The maximum absolute atomic E-state index is 13.5. The highest BCUT2D eigenvalue weighted by Gasteiger charge is 2.26. The van der Waals surface area contributed by atoms with Gasteiger partial charge in [0, 0.05) is 41.6 Å². The molecule has 212 valence electrons. The molecule has 0 saturated carbocycles. The van der Waals surface area contributed by atoms with E-state index in [1.807, 2.05) is 30.5 Å². The molecule has 1 aliphatic heterocycles. The van der Waals surface area contributed by atoms with Crippen molar-refractivity contribution in [2.45, 2.75) is 18.9 Å². The van der Waals surface area contributed by atoms with E-state index in [0.29, 0.717) is 46.6 Å². The van der Waals surface area contributed by atoms with Crippen LogP contribution in [-0.2, 0) is 9.53 Å². The second-order valence-corrected chi connectivity index (χ2v) is 10.0. The minimum absolute atomic E-state index is 0.110. The predicted octanol–water partition coefficient (Wildman–Crippen LogP) is 5.47. The summed E-state index contributed by atoms with van der Waals surface area (Å²) in [6.07, 6.45) is 3.48. The van der Waals surface area contributed by atoms with Crippen LogP contribution in [-0.4, -0.2) is 66.3 Å². The quantitative estimate of drug-likeness (QED) is 0.270. The third-order valence-electron chi connectivity index (χ3n) is 6.83. The van der Waals surface area contributed by atoms with E-state index in [1.165, 1.54) is 4.90 Å². The van der Waals surface area contributed by atoms with E-state index in [2.05, 4.69) is 5.32 Å². The summed E-state index contributed by atoms with van der Waals surface area (Å²) >= 11 is 6.09. The van der Waals surface area contributed by atoms with E-state index in [0.717, 1.165) is 18.4 Å². The van der Waals surface area contributed by atoms with Crippen molar-refractivity contribution in [1.29, 1.82) is 0 Å². The van der Waals surface area contributed by atoms with Crippen LogP contribution in [0, 0.1) is 0 Å². The molecule has 1 aromatic heterocycles. The zero-order valence-electron chi connectivity index (χ0n) is 22.9. The fraction of sp³-hybridized carbons (Fsp3) is 0.258. The van der Waals surface area contributed by atoms with E-state index in [1.54, 1.807) is 67.3 Å². The second kappa shape index (κ2) is 12.9. The maximum atomic E-state index is 13.5. The lowest BCUT2D eigenvalue weighted by molar-refractivity contribution is -0.117. The van der Waals surface area contributed by atoms with Crippen LogP contribution >= 0.6 is 11.6 Å². The monoisotopic (exact) mass is 574 g/mol. The number of rotatable bonds is 10. The van der Waals surface area contributed by atoms with E-state index in [4.69, 9.17) is 30.8 Å². The van der Waals surface area contributed by atoms with E-state index in [9.17, 15) is 9.59 Å². The summed E-state index contributed by atoms with van der Waals surface area (Å²) in [5.41, 5.74) is 2.66. The van der Waals surface area contributed by atoms with Gasteiger partial charge in [0.2, 0.25) is 11.9 Å². The third kappa shape index (κ3) is 6.70. The molecular formula is C31H31ClN4O5. The van der Waals surface area contributed by atoms with Crippen LogP contribution < -0.4 is 14.8 Å². The minimum atomic E-state index is -0.387. The first-order chi connectivity index (χ1) is 19.9. The Kier molecular flexibility index (Phi) is 8.86. The number of imidazole rings is 1. The van der Waals surface area contributed by atoms with Crippen molar-refractivity contribution in [2.75, 3.05) is 39.2 Å². The van der Waals surface area contributed by atoms with Crippen LogP contribution in [0.15, 0.2) is 79.0 Å². The van der Waals surface area contributed by atoms with Gasteiger partial charge in [-0.05, 0) is 49.2 Å². The number of anilines is 1. The fourth-order valence-corrected chi connectivity index (χ4v) is 4.88. The Balaban J connectivity index is 1.45. The number of ether oxygens (including phenoxy) is 3. The summed E-state index contributed by atoms with van der Waals surface area (Å²) in [7, 11) is 3.13. The Hall–Kier alpha value is -4.34. The second-order valence-electron chi connectivity index (χ2n) is 9.60. The van der Waals surface area contributed by atoms with Crippen LogP contribution in [0.1, 0.15) is 23.2 Å². The van der Waals surface area contributed by atoms with Gasteiger partial charge in [-0.25, -0.2) is 4.98 Å². The molecule has 1 atom stereocenters. The molecule has 1 saturated heterocycles. The Morgan fingerprint density at radius 2 is 1.80 bits per heavy atom. The molecule has 0 radical (unpaired) electrons. The van der Waals surface area contributed by atoms with Crippen LogP contribution in [0.2, 0.25) is 5.02 Å². The normalized spacial score (nSPS) is 14.5. The van der Waals surface area contributed by atoms with E-state index >= 15 is 0 Å². The molecule has 0 spiro atoms. The Labute approximate surface area is 243 Å². The minimum Gasteiger partial charge on any atom is -0.493 e. The predicted molar refractivity (Wildman–Crippen MR) is 157 cm³/mol. The van der Waals surface area contributed by atoms with Crippen molar-refractivity contribution in [3.63, 3.8) is 0 Å². The number of carbonyl (C=O) groups is 2. The number of halogens is 1. The van der Waals surface area contributed by atoms with E-state index < -0.39 is 0 Å². The molecule has 2 amide bonds. The number of amides is 2. The molecule has 0 bridgehead atoms. The van der Waals surface area contributed by atoms with Gasteiger partial charge in [-0.15, -0.1) is 0 Å². The summed E-state index contributed by atoms with van der Waals surface area (Å²) < 4.78 is 18.4. The lowest BCUT2D eigenvalue weighted by Gasteiger charge is -2.25. The lowest BCUT2D eigenvalue weighted by atomic mass is 10.1. The first-order valence-electron chi connectivity index (χ1n) is 13.3. The number of methoxy groups -OCH3 is 2. The third-order valence-corrected chi connectivity index (χ3v) is 7.08. The van der Waals surface area contributed by atoms with Gasteiger partial charge in [-0.3, -0.25) is 19.5 Å². The molecule has 0 aliphatic carbocycles. The zero-order valence-corrected chi connectivity index (χ0v) is 23.6. The summed E-state index contributed by atoms with van der Waals surface area (Å²) in [6, 6.07) is 21.6. The van der Waals surface area contributed by atoms with Crippen LogP contribution in [0.3, 0.4) is 0 Å². The zero-order chi connectivity index (χ0) is 28.8. The number of hydrogen-bond donors (Lipinski definition) is 1.